The number of piperidine rings is 3. The third kappa shape index (κ3) is 3.54. The third-order valence-corrected chi connectivity index (χ3v) is 7.68. The van der Waals surface area contributed by atoms with Gasteiger partial charge in [-0.2, -0.15) is 0 Å². The minimum atomic E-state index is -0.546. The van der Waals surface area contributed by atoms with E-state index in [4.69, 9.17) is 4.74 Å². The quantitative estimate of drug-likeness (QED) is 0.460. The van der Waals surface area contributed by atoms with Gasteiger partial charge in [0.25, 0.3) is 0 Å². The number of aliphatic hydroxyl groups is 1. The minimum absolute atomic E-state index is 0.159. The highest BCUT2D eigenvalue weighted by Crippen LogP contribution is 2.48. The van der Waals surface area contributed by atoms with Gasteiger partial charge in [0, 0.05) is 35.9 Å². The van der Waals surface area contributed by atoms with Crippen LogP contribution in [-0.4, -0.2) is 40.8 Å². The van der Waals surface area contributed by atoms with Crippen LogP contribution >= 0.6 is 0 Å². The van der Waals surface area contributed by atoms with Crippen molar-refractivity contribution in [1.82, 2.24) is 4.98 Å². The van der Waals surface area contributed by atoms with Crippen LogP contribution < -0.4 is 4.74 Å². The average Bonchev–Trinajstić information content (AvgIpc) is 2.83. The molecule has 2 bridgehead atoms. The van der Waals surface area contributed by atoms with Crippen LogP contribution in [0, 0.1) is 11.8 Å². The number of methoxy groups -OCH3 is 1. The van der Waals surface area contributed by atoms with Gasteiger partial charge < -0.3 is 14.3 Å². The van der Waals surface area contributed by atoms with E-state index in [2.05, 4.69) is 48.0 Å². The van der Waals surface area contributed by atoms with Crippen LogP contribution in [0.3, 0.4) is 0 Å². The second-order valence-electron chi connectivity index (χ2n) is 9.25. The Labute approximate surface area is 184 Å². The lowest BCUT2D eigenvalue weighted by atomic mass is 9.71. The van der Waals surface area contributed by atoms with Crippen molar-refractivity contribution >= 4 is 10.9 Å². The molecule has 3 unspecified atom stereocenters. The highest BCUT2D eigenvalue weighted by molar-refractivity contribution is 5.83. The standard InChI is InChI=1S/C27H31N2O2/c1-3-20-18-29(17-19-7-5-4-6-8-19)14-12-21(20)15-26(29)27(30)23-11-13-28-25-10-9-22(31-2)16-24(23)25/h3-11,13,16,20-21,26-27,30H,1,12,14-15,17-18H2,2H3/q+1/t20?,21?,26?,27-,29+/m1/s1. The van der Waals surface area contributed by atoms with Crippen LogP contribution in [0.2, 0.25) is 0 Å². The topological polar surface area (TPSA) is 42.4 Å². The molecule has 0 radical (unpaired) electrons. The monoisotopic (exact) mass is 415 g/mol. The molecule has 160 valence electrons. The summed E-state index contributed by atoms with van der Waals surface area (Å²) in [5, 5.41) is 12.8. The van der Waals surface area contributed by atoms with Crippen LogP contribution in [0.1, 0.15) is 30.1 Å². The number of hydrogen-bond acceptors (Lipinski definition) is 3. The van der Waals surface area contributed by atoms with Gasteiger partial charge in [-0.05, 0) is 35.7 Å². The van der Waals surface area contributed by atoms with Crippen LogP contribution in [0.25, 0.3) is 10.9 Å². The van der Waals surface area contributed by atoms with E-state index in [0.29, 0.717) is 11.8 Å². The third-order valence-electron chi connectivity index (χ3n) is 7.68. The number of ether oxygens (including phenoxy) is 1. The summed E-state index contributed by atoms with van der Waals surface area (Å²) >= 11 is 0. The first-order valence-electron chi connectivity index (χ1n) is 11.3. The summed E-state index contributed by atoms with van der Waals surface area (Å²) in [6.45, 7) is 7.25. The number of rotatable bonds is 6. The molecule has 4 nitrogen and oxygen atoms in total. The van der Waals surface area contributed by atoms with Gasteiger partial charge in [-0.15, -0.1) is 6.58 Å². The first-order chi connectivity index (χ1) is 15.1. The molecule has 0 saturated carbocycles. The van der Waals surface area contributed by atoms with Crippen LogP contribution in [0.4, 0.5) is 0 Å². The highest BCUT2D eigenvalue weighted by Gasteiger charge is 2.53. The summed E-state index contributed by atoms with van der Waals surface area (Å²) in [7, 11) is 1.68. The molecule has 3 aromatic rings. The largest absolute Gasteiger partial charge is 0.497 e. The van der Waals surface area contributed by atoms with Gasteiger partial charge in [0.1, 0.15) is 24.4 Å². The summed E-state index contributed by atoms with van der Waals surface area (Å²) in [5.74, 6) is 1.92. The number of hydrogen-bond donors (Lipinski definition) is 1. The number of fused-ring (bicyclic) bond motifs is 4. The van der Waals surface area contributed by atoms with Gasteiger partial charge in [0.05, 0.1) is 25.7 Å². The molecule has 3 aliphatic heterocycles. The lowest BCUT2D eigenvalue weighted by Gasteiger charge is -2.58. The molecule has 4 heteroatoms. The smallest absolute Gasteiger partial charge is 0.131 e. The van der Waals surface area contributed by atoms with Gasteiger partial charge >= 0.3 is 0 Å². The maximum Gasteiger partial charge on any atom is 0.131 e. The lowest BCUT2D eigenvalue weighted by molar-refractivity contribution is -0.984. The molecule has 0 spiro atoms. The number of nitrogens with zero attached hydrogens (tertiary/aromatic N) is 2. The summed E-state index contributed by atoms with van der Waals surface area (Å²) in [6, 6.07) is 18.8. The number of aromatic nitrogens is 1. The molecule has 31 heavy (non-hydrogen) atoms. The molecular weight excluding hydrogens is 384 g/mol. The van der Waals surface area contributed by atoms with Crippen LogP contribution in [0.15, 0.2) is 73.4 Å². The van der Waals surface area contributed by atoms with Crippen LogP contribution in [-0.2, 0) is 6.54 Å². The molecule has 5 atom stereocenters. The van der Waals surface area contributed by atoms with Crippen molar-refractivity contribution in [2.24, 2.45) is 11.8 Å². The van der Waals surface area contributed by atoms with Gasteiger partial charge in [-0.3, -0.25) is 4.98 Å². The Bertz CT molecular complexity index is 1080. The molecule has 3 aliphatic rings. The molecule has 3 saturated heterocycles. The van der Waals surface area contributed by atoms with Gasteiger partial charge in [0.15, 0.2) is 0 Å². The SMILES string of the molecule is C=CC1C[N@@+]2(Cc3ccccc3)CCC1CC2[C@H](O)c1ccnc2ccc(OC)cc12. The van der Waals surface area contributed by atoms with E-state index in [-0.39, 0.29) is 6.04 Å². The molecule has 0 aliphatic carbocycles. The Morgan fingerprint density at radius 2 is 2.06 bits per heavy atom. The minimum Gasteiger partial charge on any atom is -0.497 e. The fourth-order valence-corrected chi connectivity index (χ4v) is 6.07. The zero-order valence-electron chi connectivity index (χ0n) is 18.2. The Balaban J connectivity index is 1.56. The van der Waals surface area contributed by atoms with Gasteiger partial charge in [0.2, 0.25) is 0 Å². The Morgan fingerprint density at radius 1 is 1.23 bits per heavy atom. The van der Waals surface area contributed by atoms with Crippen molar-refractivity contribution < 1.29 is 14.3 Å². The van der Waals surface area contributed by atoms with E-state index in [1.54, 1.807) is 7.11 Å². The second-order valence-corrected chi connectivity index (χ2v) is 9.25. The molecule has 2 aromatic carbocycles. The van der Waals surface area contributed by atoms with Crippen molar-refractivity contribution in [1.29, 1.82) is 0 Å². The summed E-state index contributed by atoms with van der Waals surface area (Å²) in [4.78, 5) is 4.52. The summed E-state index contributed by atoms with van der Waals surface area (Å²) in [5.41, 5.74) is 3.19. The zero-order chi connectivity index (χ0) is 21.4. The molecule has 6 rings (SSSR count). The summed E-state index contributed by atoms with van der Waals surface area (Å²) in [6.07, 6.45) is 5.65. The fourth-order valence-electron chi connectivity index (χ4n) is 6.07. The summed E-state index contributed by atoms with van der Waals surface area (Å²) < 4.78 is 6.38. The number of aliphatic hydroxyl groups excluding tert-OH is 1. The normalized spacial score (nSPS) is 28.4. The van der Waals surface area contributed by atoms with E-state index in [9.17, 15) is 5.11 Å². The van der Waals surface area contributed by atoms with E-state index in [0.717, 1.165) is 52.8 Å². The molecular formula is C27H31N2O2+. The van der Waals surface area contributed by atoms with E-state index >= 15 is 0 Å². The molecule has 1 aromatic heterocycles. The number of pyridine rings is 1. The maximum atomic E-state index is 11.8. The average molecular weight is 416 g/mol. The maximum absolute atomic E-state index is 11.8. The lowest BCUT2D eigenvalue weighted by Crippen LogP contribution is -2.67. The van der Waals surface area contributed by atoms with E-state index in [1.807, 2.05) is 30.5 Å². The predicted octanol–water partition coefficient (Wildman–Crippen LogP) is 4.89. The first kappa shape index (κ1) is 20.2. The Hall–Kier alpha value is -2.69. The molecule has 4 heterocycles. The molecule has 1 N–H and O–H groups in total. The molecule has 3 fully saturated rings. The zero-order valence-corrected chi connectivity index (χ0v) is 18.2. The van der Waals surface area contributed by atoms with Crippen LogP contribution in [0.5, 0.6) is 5.75 Å². The van der Waals surface area contributed by atoms with Crippen molar-refractivity contribution in [3.05, 3.63) is 84.6 Å². The first-order valence-corrected chi connectivity index (χ1v) is 11.3. The van der Waals surface area contributed by atoms with Crippen molar-refractivity contribution in [2.45, 2.75) is 31.5 Å². The van der Waals surface area contributed by atoms with Crippen molar-refractivity contribution in [2.75, 3.05) is 20.2 Å². The number of quaternary nitrogens is 1. The van der Waals surface area contributed by atoms with Gasteiger partial charge in [-0.1, -0.05) is 36.4 Å². The molecule has 0 amide bonds. The van der Waals surface area contributed by atoms with Crippen molar-refractivity contribution in [3.8, 4) is 5.75 Å². The Kier molecular flexibility index (Phi) is 5.28. The van der Waals surface area contributed by atoms with E-state index in [1.165, 1.54) is 12.0 Å². The van der Waals surface area contributed by atoms with Crippen molar-refractivity contribution in [3.63, 3.8) is 0 Å². The number of benzene rings is 2. The fraction of sp³-hybridized carbons (Fsp3) is 0.370. The predicted molar refractivity (Wildman–Crippen MR) is 124 cm³/mol. The van der Waals surface area contributed by atoms with Gasteiger partial charge in [-0.25, -0.2) is 0 Å². The van der Waals surface area contributed by atoms with E-state index < -0.39 is 6.10 Å². The second kappa shape index (κ2) is 8.10. The Morgan fingerprint density at radius 3 is 2.84 bits per heavy atom. The highest BCUT2D eigenvalue weighted by atomic mass is 16.5.